The van der Waals surface area contributed by atoms with E-state index in [4.69, 9.17) is 28.3 Å². The van der Waals surface area contributed by atoms with E-state index in [1.54, 1.807) is 6.92 Å². The van der Waals surface area contributed by atoms with Crippen molar-refractivity contribution in [2.24, 2.45) is 0 Å². The molecule has 0 radical (unpaired) electrons. The van der Waals surface area contributed by atoms with Gasteiger partial charge >= 0.3 is 27.6 Å². The summed E-state index contributed by atoms with van der Waals surface area (Å²) in [6.45, 7) is 2.15. The fraction of sp³-hybridized carbons (Fsp3) is 0.610. The minimum Gasteiger partial charge on any atom is -0.456 e. The summed E-state index contributed by atoms with van der Waals surface area (Å²) in [7, 11) is -10.8. The molecule has 0 amide bonds. The van der Waals surface area contributed by atoms with E-state index in [-0.39, 0.29) is 6.42 Å². The second kappa shape index (κ2) is 30.9. The Morgan fingerprint density at radius 2 is 1.02 bits per heavy atom. The number of unbranched alkanes of at least 4 members (excludes halogenated alkanes) is 12. The summed E-state index contributed by atoms with van der Waals surface area (Å²) in [5, 5.41) is 41.0. The predicted molar refractivity (Wildman–Crippen MR) is 213 cm³/mol. The smallest absolute Gasteiger partial charge is 0.456 e. The zero-order valence-corrected chi connectivity index (χ0v) is 34.8. The summed E-state index contributed by atoms with van der Waals surface area (Å²) in [5.74, 6) is 31.5. The summed E-state index contributed by atoms with van der Waals surface area (Å²) in [6, 6.07) is 0. The number of carbonyl (C=O) groups is 2. The first-order valence-electron chi connectivity index (χ1n) is 19.0. The van der Waals surface area contributed by atoms with Crippen LogP contribution in [0.15, 0.2) is 0 Å². The van der Waals surface area contributed by atoms with Gasteiger partial charge in [-0.3, -0.25) is 18.4 Å². The van der Waals surface area contributed by atoms with E-state index in [0.29, 0.717) is 6.42 Å². The summed E-state index contributed by atoms with van der Waals surface area (Å²) in [6.07, 6.45) is -1.12. The molecule has 59 heavy (non-hydrogen) atoms. The third-order valence-electron chi connectivity index (χ3n) is 8.14. The van der Waals surface area contributed by atoms with Crippen LogP contribution in [0.3, 0.4) is 0 Å². The molecular formula is C41H52O16P2. The van der Waals surface area contributed by atoms with Crippen LogP contribution in [0.25, 0.3) is 0 Å². The van der Waals surface area contributed by atoms with Crippen LogP contribution in [-0.2, 0) is 41.8 Å². The number of phosphoric acid groups is 2. The monoisotopic (exact) mass is 862 g/mol. The van der Waals surface area contributed by atoms with Crippen molar-refractivity contribution in [3.05, 3.63) is 0 Å². The molecule has 0 heterocycles. The molecule has 8 atom stereocenters. The van der Waals surface area contributed by atoms with Gasteiger partial charge in [0.25, 0.3) is 0 Å². The van der Waals surface area contributed by atoms with Gasteiger partial charge in [0.05, 0.1) is 6.61 Å². The highest BCUT2D eigenvalue weighted by Gasteiger charge is 2.54. The van der Waals surface area contributed by atoms with Gasteiger partial charge in [0.15, 0.2) is 6.10 Å². The maximum absolute atomic E-state index is 12.9. The fourth-order valence-corrected chi connectivity index (χ4v) is 6.80. The van der Waals surface area contributed by atoms with Crippen molar-refractivity contribution in [3.8, 4) is 82.9 Å². The first-order chi connectivity index (χ1) is 28.1. The van der Waals surface area contributed by atoms with Crippen molar-refractivity contribution in [2.75, 3.05) is 13.2 Å². The number of aliphatic hydroxyl groups is 4. The van der Waals surface area contributed by atoms with Gasteiger partial charge in [0, 0.05) is 12.3 Å². The molecule has 0 aliphatic heterocycles. The molecule has 0 saturated heterocycles. The molecule has 1 saturated carbocycles. The van der Waals surface area contributed by atoms with Gasteiger partial charge in [-0.05, 0) is 84.4 Å². The minimum atomic E-state index is -5.39. The molecule has 322 valence electrons. The van der Waals surface area contributed by atoms with Crippen molar-refractivity contribution in [1.82, 2.24) is 0 Å². The first-order valence-corrected chi connectivity index (χ1v) is 22.0. The number of aliphatic hydroxyl groups excluding tert-OH is 4. The maximum Gasteiger partial charge on any atom is 0.472 e. The summed E-state index contributed by atoms with van der Waals surface area (Å²) in [4.78, 5) is 53.5. The Kier molecular flexibility index (Phi) is 27.7. The highest BCUT2D eigenvalue weighted by atomic mass is 31.2. The molecule has 1 aliphatic rings. The van der Waals surface area contributed by atoms with Gasteiger partial charge in [0.2, 0.25) is 0 Å². The molecular weight excluding hydrogens is 810 g/mol. The average molecular weight is 863 g/mol. The topological polar surface area (TPSA) is 256 Å². The normalized spacial score (nSPS) is 20.6. The largest absolute Gasteiger partial charge is 0.472 e. The lowest BCUT2D eigenvalue weighted by Crippen LogP contribution is -2.64. The first kappa shape index (κ1) is 52.9. The molecule has 18 heteroatoms. The van der Waals surface area contributed by atoms with Crippen molar-refractivity contribution in [2.45, 2.75) is 146 Å². The van der Waals surface area contributed by atoms with Crippen molar-refractivity contribution < 1.29 is 76.9 Å². The van der Waals surface area contributed by atoms with Crippen molar-refractivity contribution in [3.63, 3.8) is 0 Å². The SMILES string of the molecule is CC#CC#CC#CC#CC#CC#CC#CC(=O)OC[C@H](COP(=O)(O)OC1C(O)[C@H](OP(=O)(O)O)[C@H](O)C(O)[C@@H]1O)OC(=O)CCCCCCCCCCCCCCC. The Bertz CT molecular complexity index is 1880. The highest BCUT2D eigenvalue weighted by Crippen LogP contribution is 2.49. The number of phosphoric ester groups is 2. The number of esters is 2. The van der Waals surface area contributed by atoms with Crippen molar-refractivity contribution in [1.29, 1.82) is 0 Å². The summed E-state index contributed by atoms with van der Waals surface area (Å²) < 4.78 is 48.5. The van der Waals surface area contributed by atoms with E-state index in [2.05, 4.69) is 94.3 Å². The summed E-state index contributed by atoms with van der Waals surface area (Å²) in [5.41, 5.74) is 0. The van der Waals surface area contributed by atoms with Crippen molar-refractivity contribution >= 4 is 27.6 Å². The van der Waals surface area contributed by atoms with Gasteiger partial charge in [0.1, 0.15) is 43.2 Å². The molecule has 0 aromatic carbocycles. The molecule has 1 rings (SSSR count). The quantitative estimate of drug-likeness (QED) is 0.0242. The lowest BCUT2D eigenvalue weighted by atomic mass is 9.85. The Balaban J connectivity index is 2.84. The third-order valence-corrected chi connectivity index (χ3v) is 9.65. The van der Waals surface area contributed by atoms with E-state index >= 15 is 0 Å². The van der Waals surface area contributed by atoms with E-state index < -0.39 is 83.5 Å². The number of hydrogen-bond donors (Lipinski definition) is 7. The highest BCUT2D eigenvalue weighted by molar-refractivity contribution is 7.47. The van der Waals surface area contributed by atoms with Gasteiger partial charge in [-0.15, -0.1) is 0 Å². The molecule has 7 N–H and O–H groups in total. The van der Waals surface area contributed by atoms with Crippen LogP contribution in [0.4, 0.5) is 0 Å². The lowest BCUT2D eigenvalue weighted by molar-refractivity contribution is -0.216. The van der Waals surface area contributed by atoms with Crippen LogP contribution in [0, 0.1) is 82.9 Å². The second-order valence-electron chi connectivity index (χ2n) is 12.9. The molecule has 0 aromatic rings. The fourth-order valence-electron chi connectivity index (χ4n) is 5.26. The van der Waals surface area contributed by atoms with E-state index in [1.165, 1.54) is 44.9 Å². The standard InChI is InChI=1S/C41H52O16P2/c1-3-5-7-9-11-13-15-17-19-21-23-25-27-29-34(42)53-31-33(55-35(43)30-28-26-24-22-20-18-16-14-12-10-8-6-4-2)32-54-59(51,52)57-41-38(46)36(44)37(45)40(39(41)47)56-58(48,49)50/h33,36-41,44-47H,4,6,8,10,12,14,16,18,20,22,24,26,28,30-32H2,1-2H3,(H,51,52)(H2,48,49,50)/t33-,36?,37-,38+,39?,40-,41?/m1/s1. The van der Waals surface area contributed by atoms with E-state index in [0.717, 1.165) is 32.1 Å². The average Bonchev–Trinajstić information content (AvgIpc) is 3.18. The van der Waals surface area contributed by atoms with Crippen LogP contribution in [-0.4, -0.2) is 103 Å². The number of ether oxygens (including phenoxy) is 2. The Labute approximate surface area is 346 Å². The molecule has 0 aromatic heterocycles. The molecule has 1 aliphatic carbocycles. The second-order valence-corrected chi connectivity index (χ2v) is 15.5. The summed E-state index contributed by atoms with van der Waals surface area (Å²) >= 11 is 0. The Morgan fingerprint density at radius 3 is 1.49 bits per heavy atom. The van der Waals surface area contributed by atoms with Gasteiger partial charge < -0.3 is 44.6 Å². The van der Waals surface area contributed by atoms with Crippen LogP contribution in [0.5, 0.6) is 0 Å². The molecule has 4 unspecified atom stereocenters. The van der Waals surface area contributed by atoms with Gasteiger partial charge in [-0.2, -0.15) is 0 Å². The molecule has 0 bridgehead atoms. The predicted octanol–water partition coefficient (Wildman–Crippen LogP) is 2.40. The van der Waals surface area contributed by atoms with Gasteiger partial charge in [-0.25, -0.2) is 13.9 Å². The Hall–Kier alpha value is -4.08. The molecule has 1 fully saturated rings. The Morgan fingerprint density at radius 1 is 0.576 bits per heavy atom. The lowest BCUT2D eigenvalue weighted by Gasteiger charge is -2.43. The third kappa shape index (κ3) is 25.9. The van der Waals surface area contributed by atoms with E-state index in [1.807, 2.05) is 0 Å². The van der Waals surface area contributed by atoms with Crippen LogP contribution in [0.2, 0.25) is 0 Å². The van der Waals surface area contributed by atoms with Crippen LogP contribution < -0.4 is 0 Å². The number of hydrogen-bond acceptors (Lipinski definition) is 13. The number of rotatable bonds is 24. The van der Waals surface area contributed by atoms with Gasteiger partial charge in [-0.1, -0.05) is 89.9 Å². The minimum absolute atomic E-state index is 0.0350. The van der Waals surface area contributed by atoms with Crippen LogP contribution in [0.1, 0.15) is 104 Å². The number of carbonyl (C=O) groups excluding carboxylic acids is 2. The van der Waals surface area contributed by atoms with Crippen LogP contribution >= 0.6 is 15.6 Å². The van der Waals surface area contributed by atoms with E-state index in [9.17, 15) is 44.0 Å². The zero-order chi connectivity index (χ0) is 43.9. The maximum atomic E-state index is 12.9. The molecule has 0 spiro atoms. The zero-order valence-electron chi connectivity index (χ0n) is 33.1. The molecule has 16 nitrogen and oxygen atoms in total.